The molecule has 8 heteroatoms. The Labute approximate surface area is 213 Å². The predicted molar refractivity (Wildman–Crippen MR) is 142 cm³/mol. The molecule has 0 saturated carbocycles. The van der Waals surface area contributed by atoms with Gasteiger partial charge in [-0.15, -0.1) is 0 Å². The van der Waals surface area contributed by atoms with Crippen LogP contribution in [0.15, 0.2) is 65.1 Å². The number of aromatic nitrogens is 1. The maximum Gasteiger partial charge on any atom is 0.257 e. The summed E-state index contributed by atoms with van der Waals surface area (Å²) in [5.74, 6) is 0.282. The summed E-state index contributed by atoms with van der Waals surface area (Å²) in [7, 11) is 0. The second-order valence-corrected chi connectivity index (χ2v) is 10.2. The van der Waals surface area contributed by atoms with Crippen LogP contribution in [-0.2, 0) is 11.8 Å². The first kappa shape index (κ1) is 24.2. The van der Waals surface area contributed by atoms with Crippen LogP contribution in [0.1, 0.15) is 48.1 Å². The molecule has 1 aromatic heterocycles. The second kappa shape index (κ2) is 9.74. The first-order chi connectivity index (χ1) is 16.1. The fraction of sp³-hybridized carbons (Fsp3) is 0.192. The zero-order valence-corrected chi connectivity index (χ0v) is 21.2. The number of hydrogen-bond acceptors (Lipinski definition) is 4. The predicted octanol–water partition coefficient (Wildman–Crippen LogP) is 7.15. The highest BCUT2D eigenvalue weighted by molar-refractivity contribution is 7.80. The molecule has 1 amide bonds. The van der Waals surface area contributed by atoms with E-state index in [0.29, 0.717) is 39.0 Å². The SMILES string of the molecule is CC(C)(C)c1ccc(C(=O)NC(=S)Nc2ccc(Cc3nc4cc(Cl)cc(Cl)c4o3)cc2)cc1. The van der Waals surface area contributed by atoms with Crippen molar-refractivity contribution in [2.45, 2.75) is 32.6 Å². The molecule has 0 bridgehead atoms. The van der Waals surface area contributed by atoms with Crippen molar-refractivity contribution in [3.63, 3.8) is 0 Å². The van der Waals surface area contributed by atoms with Gasteiger partial charge in [0.1, 0.15) is 5.52 Å². The summed E-state index contributed by atoms with van der Waals surface area (Å²) in [5.41, 5.74) is 4.63. The summed E-state index contributed by atoms with van der Waals surface area (Å²) in [6.45, 7) is 6.39. The minimum atomic E-state index is -0.260. The number of oxazole rings is 1. The molecule has 0 fully saturated rings. The Bertz CT molecular complexity index is 1360. The monoisotopic (exact) mass is 511 g/mol. The van der Waals surface area contributed by atoms with Crippen LogP contribution in [0.2, 0.25) is 10.0 Å². The van der Waals surface area contributed by atoms with E-state index in [2.05, 4.69) is 36.4 Å². The van der Waals surface area contributed by atoms with Gasteiger partial charge in [-0.3, -0.25) is 10.1 Å². The number of nitrogens with one attached hydrogen (secondary N) is 2. The van der Waals surface area contributed by atoms with E-state index < -0.39 is 0 Å². The van der Waals surface area contributed by atoms with Gasteiger partial charge < -0.3 is 9.73 Å². The van der Waals surface area contributed by atoms with Gasteiger partial charge >= 0.3 is 0 Å². The number of fused-ring (bicyclic) bond motifs is 1. The molecular weight excluding hydrogens is 489 g/mol. The fourth-order valence-electron chi connectivity index (χ4n) is 3.42. The molecule has 34 heavy (non-hydrogen) atoms. The summed E-state index contributed by atoms with van der Waals surface area (Å²) in [6.07, 6.45) is 0.495. The first-order valence-electron chi connectivity index (χ1n) is 10.6. The van der Waals surface area contributed by atoms with Crippen molar-refractivity contribution in [1.29, 1.82) is 0 Å². The highest BCUT2D eigenvalue weighted by atomic mass is 35.5. The summed E-state index contributed by atoms with van der Waals surface area (Å²) in [5, 5.41) is 6.92. The van der Waals surface area contributed by atoms with E-state index in [9.17, 15) is 4.79 Å². The van der Waals surface area contributed by atoms with Gasteiger partial charge in [-0.05, 0) is 65.2 Å². The molecule has 2 N–H and O–H groups in total. The molecule has 0 radical (unpaired) electrons. The molecule has 3 aromatic carbocycles. The molecule has 0 atom stereocenters. The standard InChI is InChI=1S/C26H23Cl2N3O2S/c1-26(2,3)17-8-6-16(7-9-17)24(32)31-25(34)29-19-10-4-15(5-11-19)12-22-30-21-14-18(27)13-20(28)23(21)33-22/h4-11,13-14H,12H2,1-3H3,(H2,29,31,32,34). The number of amides is 1. The van der Waals surface area contributed by atoms with Gasteiger partial charge in [0, 0.05) is 22.7 Å². The third-order valence-electron chi connectivity index (χ3n) is 5.26. The Balaban J connectivity index is 1.35. The Morgan fingerprint density at radius 1 is 1.03 bits per heavy atom. The van der Waals surface area contributed by atoms with E-state index in [0.717, 1.165) is 16.8 Å². The van der Waals surface area contributed by atoms with Crippen molar-refractivity contribution < 1.29 is 9.21 Å². The number of anilines is 1. The minimum Gasteiger partial charge on any atom is -0.439 e. The Morgan fingerprint density at radius 3 is 2.35 bits per heavy atom. The zero-order chi connectivity index (χ0) is 24.5. The lowest BCUT2D eigenvalue weighted by molar-refractivity contribution is 0.0977. The average molecular weight is 512 g/mol. The lowest BCUT2D eigenvalue weighted by Gasteiger charge is -2.19. The van der Waals surface area contributed by atoms with Crippen molar-refractivity contribution in [3.05, 3.63) is 93.3 Å². The number of hydrogen-bond donors (Lipinski definition) is 2. The van der Waals surface area contributed by atoms with E-state index in [4.69, 9.17) is 39.8 Å². The van der Waals surface area contributed by atoms with Crippen LogP contribution < -0.4 is 10.6 Å². The van der Waals surface area contributed by atoms with Crippen molar-refractivity contribution in [3.8, 4) is 0 Å². The number of nitrogens with zero attached hydrogens (tertiary/aromatic N) is 1. The molecule has 4 aromatic rings. The molecule has 5 nitrogen and oxygen atoms in total. The molecule has 0 spiro atoms. The Hall–Kier alpha value is -2.93. The maximum absolute atomic E-state index is 12.5. The van der Waals surface area contributed by atoms with Crippen molar-refractivity contribution >= 4 is 63.2 Å². The van der Waals surface area contributed by atoms with E-state index >= 15 is 0 Å². The largest absolute Gasteiger partial charge is 0.439 e. The highest BCUT2D eigenvalue weighted by Crippen LogP contribution is 2.29. The number of rotatable bonds is 4. The van der Waals surface area contributed by atoms with Crippen LogP contribution in [0.3, 0.4) is 0 Å². The molecule has 4 rings (SSSR count). The van der Waals surface area contributed by atoms with Crippen molar-refractivity contribution in [2.24, 2.45) is 0 Å². The lowest BCUT2D eigenvalue weighted by atomic mass is 9.87. The summed E-state index contributed by atoms with van der Waals surface area (Å²) in [6, 6.07) is 18.5. The number of benzene rings is 3. The molecule has 0 aliphatic heterocycles. The van der Waals surface area contributed by atoms with Gasteiger partial charge in [-0.2, -0.15) is 0 Å². The maximum atomic E-state index is 12.5. The number of thiocarbonyl (C=S) groups is 1. The van der Waals surface area contributed by atoms with Crippen LogP contribution in [0.4, 0.5) is 5.69 Å². The van der Waals surface area contributed by atoms with Crippen LogP contribution in [-0.4, -0.2) is 16.0 Å². The Kier molecular flexibility index (Phi) is 6.94. The third-order valence-corrected chi connectivity index (χ3v) is 5.96. The van der Waals surface area contributed by atoms with Gasteiger partial charge in [0.2, 0.25) is 0 Å². The molecule has 0 saturated heterocycles. The van der Waals surface area contributed by atoms with Crippen LogP contribution in [0, 0.1) is 0 Å². The second-order valence-electron chi connectivity index (χ2n) is 8.95. The van der Waals surface area contributed by atoms with Crippen LogP contribution in [0.5, 0.6) is 0 Å². The van der Waals surface area contributed by atoms with Crippen molar-refractivity contribution in [1.82, 2.24) is 10.3 Å². The van der Waals surface area contributed by atoms with Gasteiger partial charge in [0.15, 0.2) is 16.6 Å². The first-order valence-corrected chi connectivity index (χ1v) is 11.8. The van der Waals surface area contributed by atoms with Crippen LogP contribution >= 0.6 is 35.4 Å². The van der Waals surface area contributed by atoms with E-state index in [-0.39, 0.29) is 16.4 Å². The Morgan fingerprint density at radius 2 is 1.71 bits per heavy atom. The van der Waals surface area contributed by atoms with Gasteiger partial charge in [0.25, 0.3) is 5.91 Å². The smallest absolute Gasteiger partial charge is 0.257 e. The van der Waals surface area contributed by atoms with E-state index in [1.807, 2.05) is 36.4 Å². The molecule has 0 aliphatic rings. The van der Waals surface area contributed by atoms with Gasteiger partial charge in [0.05, 0.1) is 5.02 Å². The number of carbonyl (C=O) groups is 1. The summed E-state index contributed by atoms with van der Waals surface area (Å²) < 4.78 is 5.78. The summed E-state index contributed by atoms with van der Waals surface area (Å²) >= 11 is 17.5. The van der Waals surface area contributed by atoms with E-state index in [1.165, 1.54) is 0 Å². The molecule has 1 heterocycles. The fourth-order valence-corrected chi connectivity index (χ4v) is 4.15. The van der Waals surface area contributed by atoms with E-state index in [1.54, 1.807) is 24.3 Å². The molecular formula is C26H23Cl2N3O2S. The third kappa shape index (κ3) is 5.76. The lowest BCUT2D eigenvalue weighted by Crippen LogP contribution is -2.34. The van der Waals surface area contributed by atoms with Crippen LogP contribution in [0.25, 0.3) is 11.1 Å². The van der Waals surface area contributed by atoms with Crippen molar-refractivity contribution in [2.75, 3.05) is 5.32 Å². The normalized spacial score (nSPS) is 11.4. The number of halogens is 2. The quantitative estimate of drug-likeness (QED) is 0.284. The topological polar surface area (TPSA) is 67.2 Å². The minimum absolute atomic E-state index is 0.0270. The molecule has 174 valence electrons. The summed E-state index contributed by atoms with van der Waals surface area (Å²) in [4.78, 5) is 17.0. The highest BCUT2D eigenvalue weighted by Gasteiger charge is 2.15. The zero-order valence-electron chi connectivity index (χ0n) is 18.9. The molecule has 0 unspecified atom stereocenters. The number of carbonyl (C=O) groups excluding carboxylic acids is 1. The van der Waals surface area contributed by atoms with Gasteiger partial charge in [-0.1, -0.05) is 68.2 Å². The molecule has 0 aliphatic carbocycles. The van der Waals surface area contributed by atoms with Gasteiger partial charge in [-0.25, -0.2) is 4.98 Å². The average Bonchev–Trinajstić information content (AvgIpc) is 3.17.